The minimum Gasteiger partial charge on any atom is -0.423 e. The number of benzene rings is 2. The number of carbonyl (C=O) groups is 2. The normalized spacial score (nSPS) is 10.5. The Balaban J connectivity index is 2.05. The maximum atomic E-state index is 12.0. The van der Waals surface area contributed by atoms with Crippen LogP contribution in [0.2, 0.25) is 0 Å². The molecule has 0 saturated heterocycles. The lowest BCUT2D eigenvalue weighted by Crippen LogP contribution is -2.29. The van der Waals surface area contributed by atoms with E-state index in [4.69, 9.17) is 15.3 Å². The molecule has 0 unspecified atom stereocenters. The van der Waals surface area contributed by atoms with E-state index < -0.39 is 18.9 Å². The molecule has 0 atom stereocenters. The zero-order valence-electron chi connectivity index (χ0n) is 12.4. The van der Waals surface area contributed by atoms with Crippen LogP contribution in [0.25, 0.3) is 0 Å². The molecule has 0 fully saturated rings. The zero-order chi connectivity index (χ0) is 17.5. The van der Waals surface area contributed by atoms with Gasteiger partial charge in [0.05, 0.1) is 6.21 Å². The summed E-state index contributed by atoms with van der Waals surface area (Å²) in [4.78, 5) is 23.3. The molecule has 0 heterocycles. The van der Waals surface area contributed by atoms with E-state index in [9.17, 15) is 9.59 Å². The summed E-state index contributed by atoms with van der Waals surface area (Å²) in [7, 11) is -1.59. The van der Waals surface area contributed by atoms with E-state index in [1.807, 2.05) is 0 Å². The van der Waals surface area contributed by atoms with Gasteiger partial charge in [0, 0.05) is 11.1 Å². The van der Waals surface area contributed by atoms with Gasteiger partial charge in [-0.2, -0.15) is 5.10 Å². The number of carbonyl (C=O) groups excluding carboxylic acids is 2. The molecule has 0 aliphatic carbocycles. The van der Waals surface area contributed by atoms with E-state index in [-0.39, 0.29) is 11.1 Å². The Hall–Kier alpha value is -3.01. The van der Waals surface area contributed by atoms with E-state index >= 15 is 0 Å². The van der Waals surface area contributed by atoms with Crippen molar-refractivity contribution in [3.63, 3.8) is 0 Å². The molecule has 0 aliphatic heterocycles. The van der Waals surface area contributed by atoms with Crippen LogP contribution in [0, 0.1) is 0 Å². The van der Waals surface area contributed by atoms with Gasteiger partial charge in [-0.1, -0.05) is 30.3 Å². The van der Waals surface area contributed by atoms with Gasteiger partial charge < -0.3 is 10.0 Å². The molecule has 2 aromatic rings. The summed E-state index contributed by atoms with van der Waals surface area (Å²) < 4.78 is 0. The molecular weight excluding hydrogens is 313 g/mol. The van der Waals surface area contributed by atoms with Gasteiger partial charge in [-0.15, -0.1) is 0 Å². The minimum absolute atomic E-state index is 0.124. The van der Waals surface area contributed by atoms with Crippen molar-refractivity contribution in [3.05, 3.63) is 65.2 Å². The summed E-state index contributed by atoms with van der Waals surface area (Å²) in [5.41, 5.74) is 4.95. The van der Waals surface area contributed by atoms with Gasteiger partial charge in [0.1, 0.15) is 0 Å². The SMILES string of the molecule is O=C(NO)c1cccc(C(=O)N/N=C/c2cccc(B(O)O)c2)c1. The number of amides is 2. The van der Waals surface area contributed by atoms with Crippen molar-refractivity contribution in [2.75, 3.05) is 0 Å². The highest BCUT2D eigenvalue weighted by Crippen LogP contribution is 2.05. The Labute approximate surface area is 137 Å². The summed E-state index contributed by atoms with van der Waals surface area (Å²) in [5, 5.41) is 30.5. The fourth-order valence-electron chi connectivity index (χ4n) is 1.90. The van der Waals surface area contributed by atoms with E-state index in [1.165, 1.54) is 48.1 Å². The summed E-state index contributed by atoms with van der Waals surface area (Å²) >= 11 is 0. The molecule has 9 heteroatoms. The predicted octanol–water partition coefficient (Wildman–Crippen LogP) is -0.751. The molecule has 0 radical (unpaired) electrons. The summed E-state index contributed by atoms with van der Waals surface area (Å²) in [5.74, 6) is -1.27. The van der Waals surface area contributed by atoms with Gasteiger partial charge in [0.15, 0.2) is 0 Å². The molecule has 2 rings (SSSR count). The van der Waals surface area contributed by atoms with E-state index in [2.05, 4.69) is 10.5 Å². The van der Waals surface area contributed by atoms with Crippen molar-refractivity contribution in [1.29, 1.82) is 0 Å². The zero-order valence-corrected chi connectivity index (χ0v) is 12.4. The molecule has 0 aliphatic rings. The van der Waals surface area contributed by atoms with Gasteiger partial charge in [0.25, 0.3) is 11.8 Å². The average molecular weight is 327 g/mol. The van der Waals surface area contributed by atoms with Crippen LogP contribution in [0.4, 0.5) is 0 Å². The van der Waals surface area contributed by atoms with Gasteiger partial charge in [-0.05, 0) is 29.2 Å². The Morgan fingerprint density at radius 3 is 2.33 bits per heavy atom. The van der Waals surface area contributed by atoms with Gasteiger partial charge in [-0.25, -0.2) is 10.9 Å². The van der Waals surface area contributed by atoms with Crippen LogP contribution >= 0.6 is 0 Å². The highest BCUT2D eigenvalue weighted by Gasteiger charge is 2.11. The van der Waals surface area contributed by atoms with Crippen LogP contribution in [-0.4, -0.2) is 40.4 Å². The van der Waals surface area contributed by atoms with Crippen molar-refractivity contribution in [1.82, 2.24) is 10.9 Å². The lowest BCUT2D eigenvalue weighted by Gasteiger charge is -2.03. The fraction of sp³-hybridized carbons (Fsp3) is 0. The van der Waals surface area contributed by atoms with Crippen molar-refractivity contribution >= 4 is 30.6 Å². The van der Waals surface area contributed by atoms with Gasteiger partial charge >= 0.3 is 7.12 Å². The standard InChI is InChI=1S/C15H14BN3O5/c20-14(11-4-2-5-12(8-11)15(21)19-24)18-17-9-10-3-1-6-13(7-10)16(22)23/h1-9,22-24H,(H,18,20)(H,19,21)/b17-9+. The molecule has 0 bridgehead atoms. The molecule has 0 spiro atoms. The molecular formula is C15H14BN3O5. The third-order valence-electron chi connectivity index (χ3n) is 3.08. The highest BCUT2D eigenvalue weighted by molar-refractivity contribution is 6.58. The van der Waals surface area contributed by atoms with Crippen LogP contribution < -0.4 is 16.4 Å². The second-order valence-corrected chi connectivity index (χ2v) is 4.76. The molecule has 0 saturated carbocycles. The maximum absolute atomic E-state index is 12.0. The Morgan fingerprint density at radius 1 is 1.00 bits per heavy atom. The first kappa shape index (κ1) is 17.4. The third kappa shape index (κ3) is 4.49. The van der Waals surface area contributed by atoms with Gasteiger partial charge in [0.2, 0.25) is 0 Å². The second kappa shape index (κ2) is 8.02. The number of nitrogens with one attached hydrogen (secondary N) is 2. The molecule has 2 amide bonds. The molecule has 0 aromatic heterocycles. The monoisotopic (exact) mass is 327 g/mol. The Bertz CT molecular complexity index is 779. The summed E-state index contributed by atoms with van der Waals surface area (Å²) in [6, 6.07) is 12.1. The molecule has 122 valence electrons. The van der Waals surface area contributed by atoms with Crippen molar-refractivity contribution < 1.29 is 24.8 Å². The van der Waals surface area contributed by atoms with E-state index in [0.29, 0.717) is 11.0 Å². The Morgan fingerprint density at radius 2 is 1.67 bits per heavy atom. The first-order valence-corrected chi connectivity index (χ1v) is 6.85. The average Bonchev–Trinajstić information content (AvgIpc) is 2.61. The largest absolute Gasteiger partial charge is 0.488 e. The van der Waals surface area contributed by atoms with Crippen LogP contribution in [-0.2, 0) is 0 Å². The second-order valence-electron chi connectivity index (χ2n) is 4.76. The quantitative estimate of drug-likeness (QED) is 0.213. The van der Waals surface area contributed by atoms with Crippen molar-refractivity contribution in [3.8, 4) is 0 Å². The van der Waals surface area contributed by atoms with Crippen LogP contribution in [0.15, 0.2) is 53.6 Å². The molecule has 24 heavy (non-hydrogen) atoms. The van der Waals surface area contributed by atoms with Gasteiger partial charge in [-0.3, -0.25) is 14.8 Å². The van der Waals surface area contributed by atoms with Crippen LogP contribution in [0.3, 0.4) is 0 Å². The Kier molecular flexibility index (Phi) is 5.80. The van der Waals surface area contributed by atoms with Crippen molar-refractivity contribution in [2.45, 2.75) is 0 Å². The predicted molar refractivity (Wildman–Crippen MR) is 87.0 cm³/mol. The number of rotatable bonds is 5. The smallest absolute Gasteiger partial charge is 0.423 e. The molecule has 8 nitrogen and oxygen atoms in total. The van der Waals surface area contributed by atoms with Crippen LogP contribution in [0.5, 0.6) is 0 Å². The fourth-order valence-corrected chi connectivity index (χ4v) is 1.90. The first-order chi connectivity index (χ1) is 11.5. The lowest BCUT2D eigenvalue weighted by atomic mass is 9.80. The topological polar surface area (TPSA) is 131 Å². The van der Waals surface area contributed by atoms with E-state index in [1.54, 1.807) is 12.1 Å². The molecule has 5 N–H and O–H groups in total. The number of hydroxylamine groups is 1. The minimum atomic E-state index is -1.59. The van der Waals surface area contributed by atoms with Crippen molar-refractivity contribution in [2.24, 2.45) is 5.10 Å². The molecule has 2 aromatic carbocycles. The maximum Gasteiger partial charge on any atom is 0.488 e. The number of hydrogen-bond donors (Lipinski definition) is 5. The van der Waals surface area contributed by atoms with E-state index in [0.717, 1.165) is 0 Å². The number of hydrazone groups is 1. The van der Waals surface area contributed by atoms with Crippen LogP contribution in [0.1, 0.15) is 26.3 Å². The highest BCUT2D eigenvalue weighted by atomic mass is 16.5. The number of nitrogens with zero attached hydrogens (tertiary/aromatic N) is 1. The number of hydrogen-bond acceptors (Lipinski definition) is 6. The summed E-state index contributed by atoms with van der Waals surface area (Å²) in [6.07, 6.45) is 1.34. The lowest BCUT2D eigenvalue weighted by molar-refractivity contribution is 0.0706. The third-order valence-corrected chi connectivity index (χ3v) is 3.08. The summed E-state index contributed by atoms with van der Waals surface area (Å²) in [6.45, 7) is 0. The first-order valence-electron chi connectivity index (χ1n) is 6.85.